The summed E-state index contributed by atoms with van der Waals surface area (Å²) in [4.78, 5) is 21.2. The van der Waals surface area contributed by atoms with Crippen molar-refractivity contribution in [3.05, 3.63) is 29.8 Å². The van der Waals surface area contributed by atoms with Crippen molar-refractivity contribution < 1.29 is 17.9 Å². The van der Waals surface area contributed by atoms with E-state index in [1.807, 2.05) is 16.7 Å². The second kappa shape index (κ2) is 9.89. The van der Waals surface area contributed by atoms with E-state index in [9.17, 15) is 13.2 Å². The average Bonchev–Trinajstić information content (AvgIpc) is 3.24. The fraction of sp³-hybridized carbons (Fsp3) is 0.524. The van der Waals surface area contributed by atoms with Crippen LogP contribution in [0.25, 0.3) is 0 Å². The summed E-state index contributed by atoms with van der Waals surface area (Å²) in [6.07, 6.45) is 3.27. The molecule has 31 heavy (non-hydrogen) atoms. The number of hydrogen-bond donors (Lipinski definition) is 0. The maximum atomic E-state index is 13.4. The Labute approximate surface area is 191 Å². The van der Waals surface area contributed by atoms with Crippen LogP contribution in [0.15, 0.2) is 38.5 Å². The van der Waals surface area contributed by atoms with Gasteiger partial charge in [0.05, 0.1) is 23.9 Å². The minimum absolute atomic E-state index is 0.0798. The van der Waals surface area contributed by atoms with E-state index in [4.69, 9.17) is 4.74 Å². The van der Waals surface area contributed by atoms with Crippen LogP contribution in [0.3, 0.4) is 0 Å². The number of aryl methyl sites for hydroxylation is 1. The lowest BCUT2D eigenvalue weighted by molar-refractivity contribution is -0.129. The smallest absolute Gasteiger partial charge is 0.233 e. The van der Waals surface area contributed by atoms with E-state index in [1.165, 1.54) is 29.5 Å². The molecule has 1 aromatic carbocycles. The molecule has 10 heteroatoms. The molecular formula is C21H27N3O4S3. The lowest BCUT2D eigenvalue weighted by Crippen LogP contribution is -2.36. The minimum Gasteiger partial charge on any atom is -0.378 e. The van der Waals surface area contributed by atoms with Gasteiger partial charge in [-0.25, -0.2) is 13.4 Å². The number of sulfone groups is 1. The number of amides is 1. The third-order valence-corrected chi connectivity index (χ3v) is 9.53. The Hall–Kier alpha value is -1.62. The monoisotopic (exact) mass is 481 g/mol. The van der Waals surface area contributed by atoms with Crippen molar-refractivity contribution in [2.24, 2.45) is 0 Å². The number of rotatable bonds is 6. The zero-order valence-corrected chi connectivity index (χ0v) is 20.0. The van der Waals surface area contributed by atoms with Crippen LogP contribution >= 0.6 is 23.1 Å². The van der Waals surface area contributed by atoms with Gasteiger partial charge < -0.3 is 14.5 Å². The van der Waals surface area contributed by atoms with Crippen molar-refractivity contribution in [3.8, 4) is 0 Å². The SMILES string of the molecule is Cc1ccc(S(=O)(=O)c2nc(SCC(=O)N3CCCCC3)sc2N2CCOCC2)cc1. The zero-order valence-electron chi connectivity index (χ0n) is 17.6. The molecule has 0 radical (unpaired) electrons. The molecule has 1 aromatic heterocycles. The highest BCUT2D eigenvalue weighted by molar-refractivity contribution is 8.01. The Bertz CT molecular complexity index is 1010. The van der Waals surface area contributed by atoms with Crippen LogP contribution in [-0.2, 0) is 19.4 Å². The number of carbonyl (C=O) groups is 1. The molecule has 2 aliphatic rings. The van der Waals surface area contributed by atoms with Gasteiger partial charge in [-0.3, -0.25) is 4.79 Å². The van der Waals surface area contributed by atoms with Crippen LogP contribution in [0, 0.1) is 6.92 Å². The lowest BCUT2D eigenvalue weighted by atomic mass is 10.1. The number of likely N-dealkylation sites (tertiary alicyclic amines) is 1. The summed E-state index contributed by atoms with van der Waals surface area (Å²) in [5.41, 5.74) is 0.998. The summed E-state index contributed by atoms with van der Waals surface area (Å²) >= 11 is 2.68. The molecule has 2 aromatic rings. The van der Waals surface area contributed by atoms with Gasteiger partial charge in [0.15, 0.2) is 9.37 Å². The van der Waals surface area contributed by atoms with E-state index in [2.05, 4.69) is 4.98 Å². The van der Waals surface area contributed by atoms with E-state index in [-0.39, 0.29) is 21.6 Å². The first-order valence-electron chi connectivity index (χ1n) is 10.5. The molecule has 2 aliphatic heterocycles. The van der Waals surface area contributed by atoms with Crippen LogP contribution in [0.2, 0.25) is 0 Å². The topological polar surface area (TPSA) is 79.8 Å². The molecule has 0 atom stereocenters. The Balaban J connectivity index is 1.59. The van der Waals surface area contributed by atoms with E-state index in [1.54, 1.807) is 24.3 Å². The molecule has 0 bridgehead atoms. The number of morpholine rings is 1. The first-order valence-corrected chi connectivity index (χ1v) is 13.8. The van der Waals surface area contributed by atoms with Gasteiger partial charge in [-0.05, 0) is 38.3 Å². The first-order chi connectivity index (χ1) is 14.9. The number of ether oxygens (including phenoxy) is 1. The quantitative estimate of drug-likeness (QED) is 0.586. The van der Waals surface area contributed by atoms with Crippen LogP contribution in [0.4, 0.5) is 5.00 Å². The fourth-order valence-corrected chi connectivity index (χ4v) is 7.51. The van der Waals surface area contributed by atoms with Crippen LogP contribution in [-0.4, -0.2) is 69.4 Å². The van der Waals surface area contributed by atoms with Gasteiger partial charge in [-0.2, -0.15) is 0 Å². The van der Waals surface area contributed by atoms with Crippen LogP contribution in [0.5, 0.6) is 0 Å². The number of aromatic nitrogens is 1. The Morgan fingerprint density at radius 2 is 1.77 bits per heavy atom. The van der Waals surface area contributed by atoms with Gasteiger partial charge in [0, 0.05) is 26.2 Å². The number of anilines is 1. The number of benzene rings is 1. The third kappa shape index (κ3) is 5.24. The minimum atomic E-state index is -3.77. The van der Waals surface area contributed by atoms with Gasteiger partial charge in [0.2, 0.25) is 15.7 Å². The summed E-state index contributed by atoms with van der Waals surface area (Å²) < 4.78 is 32.9. The molecule has 0 spiro atoms. The van der Waals surface area contributed by atoms with Crippen molar-refractivity contribution >= 4 is 43.8 Å². The van der Waals surface area contributed by atoms with E-state index >= 15 is 0 Å². The summed E-state index contributed by atoms with van der Waals surface area (Å²) in [5, 5.41) is 0.716. The third-order valence-electron chi connectivity index (χ3n) is 5.47. The number of piperidine rings is 1. The molecule has 0 saturated carbocycles. The fourth-order valence-electron chi connectivity index (χ4n) is 3.67. The Morgan fingerprint density at radius 1 is 1.10 bits per heavy atom. The maximum Gasteiger partial charge on any atom is 0.233 e. The largest absolute Gasteiger partial charge is 0.378 e. The van der Waals surface area contributed by atoms with Crippen molar-refractivity contribution in [2.75, 3.05) is 50.0 Å². The second-order valence-electron chi connectivity index (χ2n) is 7.74. The molecule has 0 N–H and O–H groups in total. The van der Waals surface area contributed by atoms with Gasteiger partial charge in [-0.1, -0.05) is 40.8 Å². The predicted molar refractivity (Wildman–Crippen MR) is 123 cm³/mol. The standard InChI is InChI=1S/C21H27N3O4S3/c1-16-5-7-17(8-6-16)31(26,27)19-20(24-11-13-28-14-12-24)30-21(22-19)29-15-18(25)23-9-3-2-4-10-23/h5-8H,2-4,9-15H2,1H3. The molecule has 7 nitrogen and oxygen atoms in total. The Morgan fingerprint density at radius 3 is 2.45 bits per heavy atom. The van der Waals surface area contributed by atoms with Crippen molar-refractivity contribution in [1.82, 2.24) is 9.88 Å². The maximum absolute atomic E-state index is 13.4. The van der Waals surface area contributed by atoms with E-state index in [0.717, 1.165) is 31.5 Å². The number of thiazole rings is 1. The molecule has 168 valence electrons. The molecule has 3 heterocycles. The number of thioether (sulfide) groups is 1. The predicted octanol–water partition coefficient (Wildman–Crippen LogP) is 3.23. The number of hydrogen-bond acceptors (Lipinski definition) is 8. The van der Waals surface area contributed by atoms with Crippen LogP contribution < -0.4 is 4.90 Å². The zero-order chi connectivity index (χ0) is 21.8. The van der Waals surface area contributed by atoms with Gasteiger partial charge >= 0.3 is 0 Å². The second-order valence-corrected chi connectivity index (χ2v) is 11.8. The van der Waals surface area contributed by atoms with Crippen LogP contribution in [0.1, 0.15) is 24.8 Å². The first kappa shape index (κ1) is 22.6. The highest BCUT2D eigenvalue weighted by Crippen LogP contribution is 2.39. The average molecular weight is 482 g/mol. The highest BCUT2D eigenvalue weighted by Gasteiger charge is 2.30. The summed E-state index contributed by atoms with van der Waals surface area (Å²) in [7, 11) is -3.77. The van der Waals surface area contributed by atoms with Gasteiger partial charge in [-0.15, -0.1) is 0 Å². The van der Waals surface area contributed by atoms with E-state index in [0.29, 0.717) is 35.6 Å². The summed E-state index contributed by atoms with van der Waals surface area (Å²) in [6.45, 7) is 5.89. The molecule has 2 saturated heterocycles. The number of nitrogens with zero attached hydrogens (tertiary/aromatic N) is 3. The molecule has 1 amide bonds. The lowest BCUT2D eigenvalue weighted by Gasteiger charge is -2.27. The van der Waals surface area contributed by atoms with E-state index < -0.39 is 9.84 Å². The highest BCUT2D eigenvalue weighted by atomic mass is 32.2. The molecular weight excluding hydrogens is 454 g/mol. The Kier molecular flexibility index (Phi) is 7.20. The number of carbonyl (C=O) groups excluding carboxylic acids is 1. The van der Waals surface area contributed by atoms with Gasteiger partial charge in [0.1, 0.15) is 5.00 Å². The van der Waals surface area contributed by atoms with Crippen molar-refractivity contribution in [2.45, 2.75) is 40.4 Å². The van der Waals surface area contributed by atoms with Crippen molar-refractivity contribution in [1.29, 1.82) is 0 Å². The molecule has 4 rings (SSSR count). The summed E-state index contributed by atoms with van der Waals surface area (Å²) in [6, 6.07) is 6.83. The molecule has 2 fully saturated rings. The molecule has 0 aliphatic carbocycles. The van der Waals surface area contributed by atoms with Crippen molar-refractivity contribution in [3.63, 3.8) is 0 Å². The molecule has 0 unspecified atom stereocenters. The summed E-state index contributed by atoms with van der Waals surface area (Å²) in [5.74, 6) is 0.371. The normalized spacial score (nSPS) is 17.7. The van der Waals surface area contributed by atoms with Gasteiger partial charge in [0.25, 0.3) is 0 Å².